The topological polar surface area (TPSA) is 8.81 Å². The third-order valence-corrected chi connectivity index (χ3v) is 10.0. The molecule has 0 atom stereocenters. The first-order valence-electron chi connectivity index (χ1n) is 12.6. The first-order chi connectivity index (χ1) is 16.7. The number of aromatic nitrogens is 2. The summed E-state index contributed by atoms with van der Waals surface area (Å²) >= 11 is 0.338. The molecular formula is C32H33N2Se+. The van der Waals surface area contributed by atoms with Crippen LogP contribution < -0.4 is 4.57 Å². The van der Waals surface area contributed by atoms with Crippen LogP contribution in [0, 0.1) is 6.92 Å². The Kier molecular flexibility index (Phi) is 5.04. The molecule has 0 N–H and O–H groups in total. The number of nitrogens with zero attached hydrogens (tertiary/aromatic N) is 2. The average Bonchev–Trinajstić information content (AvgIpc) is 3.34. The van der Waals surface area contributed by atoms with Crippen LogP contribution in [0.3, 0.4) is 0 Å². The maximum absolute atomic E-state index is 2.54. The Balaban J connectivity index is 1.92. The maximum atomic E-state index is 2.54. The van der Waals surface area contributed by atoms with Crippen molar-refractivity contribution in [1.82, 2.24) is 4.57 Å². The molecule has 0 fully saturated rings. The molecule has 0 bridgehead atoms. The summed E-state index contributed by atoms with van der Waals surface area (Å²) in [4.78, 5) is 0. The van der Waals surface area contributed by atoms with Crippen LogP contribution >= 0.6 is 0 Å². The number of fused-ring (bicyclic) bond motifs is 7. The second kappa shape index (κ2) is 7.82. The molecule has 0 spiro atoms. The molecule has 3 aromatic carbocycles. The number of hydrogen-bond acceptors (Lipinski definition) is 0. The molecule has 3 heteroatoms. The van der Waals surface area contributed by atoms with Crippen LogP contribution in [-0.2, 0) is 12.5 Å². The summed E-state index contributed by atoms with van der Waals surface area (Å²) in [7, 11) is 2.17. The Hall–Kier alpha value is -2.87. The Morgan fingerprint density at radius 1 is 0.886 bits per heavy atom. The predicted molar refractivity (Wildman–Crippen MR) is 151 cm³/mol. The van der Waals surface area contributed by atoms with Gasteiger partial charge >= 0.3 is 214 Å². The quantitative estimate of drug-likeness (QED) is 0.162. The summed E-state index contributed by atoms with van der Waals surface area (Å²) in [5.41, 5.74) is 7.06. The van der Waals surface area contributed by atoms with Gasteiger partial charge in [0.05, 0.1) is 0 Å². The molecule has 0 aliphatic heterocycles. The van der Waals surface area contributed by atoms with Gasteiger partial charge in [0.15, 0.2) is 0 Å². The number of benzene rings is 3. The van der Waals surface area contributed by atoms with Gasteiger partial charge in [0, 0.05) is 0 Å². The van der Waals surface area contributed by atoms with E-state index < -0.39 is 0 Å². The van der Waals surface area contributed by atoms with Crippen LogP contribution in [0.4, 0.5) is 0 Å². The van der Waals surface area contributed by atoms with Gasteiger partial charge in [-0.3, -0.25) is 0 Å². The SMILES string of the molecule is Cc1c(C(C)C)c2[se]c3ccccc3c2c2c3ccccc3n(-c3cc(C(C)(C)C)cc[n+]3C)c12. The summed E-state index contributed by atoms with van der Waals surface area (Å²) in [5, 5.41) is 5.69. The van der Waals surface area contributed by atoms with Crippen LogP contribution in [0.25, 0.3) is 46.9 Å². The van der Waals surface area contributed by atoms with Crippen LogP contribution in [0.2, 0.25) is 0 Å². The molecule has 176 valence electrons. The summed E-state index contributed by atoms with van der Waals surface area (Å²) in [6, 6.07) is 22.7. The molecule has 0 radical (unpaired) electrons. The zero-order chi connectivity index (χ0) is 24.6. The van der Waals surface area contributed by atoms with E-state index in [9.17, 15) is 0 Å². The van der Waals surface area contributed by atoms with Crippen molar-refractivity contribution in [3.63, 3.8) is 0 Å². The van der Waals surface area contributed by atoms with Crippen LogP contribution in [0.5, 0.6) is 0 Å². The number of aryl methyl sites for hydroxylation is 2. The molecule has 0 saturated heterocycles. The van der Waals surface area contributed by atoms with Gasteiger partial charge in [-0.25, -0.2) is 0 Å². The standard InChI is InChI=1S/C32H33N2Se/c1-19(2)27-20(3)30-28(29-23-13-9-11-15-25(23)35-31(27)29)22-12-8-10-14-24(22)34(30)26-18-21(32(4,5)6)16-17-33(26)7/h8-19H,1-7H3/q+1. The van der Waals surface area contributed by atoms with Gasteiger partial charge in [0.25, 0.3) is 0 Å². The molecule has 2 nitrogen and oxygen atoms in total. The van der Waals surface area contributed by atoms with Gasteiger partial charge in [0.2, 0.25) is 0 Å². The van der Waals surface area contributed by atoms with Crippen molar-refractivity contribution in [2.24, 2.45) is 7.05 Å². The fraction of sp³-hybridized carbons (Fsp3) is 0.281. The van der Waals surface area contributed by atoms with Gasteiger partial charge < -0.3 is 0 Å². The molecule has 3 aromatic heterocycles. The third kappa shape index (κ3) is 3.25. The molecular weight excluding hydrogens is 491 g/mol. The van der Waals surface area contributed by atoms with Crippen molar-refractivity contribution in [3.8, 4) is 5.82 Å². The van der Waals surface area contributed by atoms with E-state index in [0.717, 1.165) is 0 Å². The second-order valence-electron chi connectivity index (χ2n) is 11.2. The first-order valence-corrected chi connectivity index (χ1v) is 14.3. The minimum absolute atomic E-state index is 0.0859. The van der Waals surface area contributed by atoms with E-state index in [1.165, 1.54) is 53.8 Å². The summed E-state index contributed by atoms with van der Waals surface area (Å²) < 4.78 is 7.92. The zero-order valence-electron chi connectivity index (χ0n) is 21.7. The molecule has 0 saturated carbocycles. The normalized spacial score (nSPS) is 12.7. The molecule has 0 aliphatic carbocycles. The van der Waals surface area contributed by atoms with E-state index >= 15 is 0 Å². The Labute approximate surface area is 213 Å². The van der Waals surface area contributed by atoms with Gasteiger partial charge in [-0.1, -0.05) is 0 Å². The van der Waals surface area contributed by atoms with Crippen molar-refractivity contribution in [2.75, 3.05) is 0 Å². The van der Waals surface area contributed by atoms with Gasteiger partial charge in [-0.15, -0.1) is 0 Å². The van der Waals surface area contributed by atoms with Gasteiger partial charge in [-0.05, 0) is 0 Å². The molecule has 6 aromatic rings. The number of rotatable bonds is 2. The van der Waals surface area contributed by atoms with E-state index in [2.05, 4.69) is 125 Å². The fourth-order valence-electron chi connectivity index (χ4n) is 5.81. The average molecular weight is 525 g/mol. The zero-order valence-corrected chi connectivity index (χ0v) is 23.4. The molecule has 6 rings (SSSR count). The third-order valence-electron chi connectivity index (χ3n) is 7.52. The van der Waals surface area contributed by atoms with E-state index in [4.69, 9.17) is 0 Å². The van der Waals surface area contributed by atoms with Crippen molar-refractivity contribution < 1.29 is 4.57 Å². The van der Waals surface area contributed by atoms with Crippen LogP contribution in [0.1, 0.15) is 57.2 Å². The van der Waals surface area contributed by atoms with E-state index in [0.29, 0.717) is 20.4 Å². The van der Waals surface area contributed by atoms with Crippen molar-refractivity contribution in [3.05, 3.63) is 83.6 Å². The molecule has 35 heavy (non-hydrogen) atoms. The molecule has 0 aliphatic rings. The van der Waals surface area contributed by atoms with Gasteiger partial charge in [0.1, 0.15) is 0 Å². The first kappa shape index (κ1) is 22.6. The number of hydrogen-bond donors (Lipinski definition) is 0. The fourth-order valence-corrected chi connectivity index (χ4v) is 8.87. The molecule has 0 unspecified atom stereocenters. The minimum atomic E-state index is 0.0859. The Morgan fingerprint density at radius 2 is 1.57 bits per heavy atom. The Morgan fingerprint density at radius 3 is 2.29 bits per heavy atom. The van der Waals surface area contributed by atoms with E-state index in [1.54, 1.807) is 9.82 Å². The molecule has 0 amide bonds. The van der Waals surface area contributed by atoms with Crippen LogP contribution in [0.15, 0.2) is 66.9 Å². The Bertz CT molecular complexity index is 1770. The van der Waals surface area contributed by atoms with E-state index in [-0.39, 0.29) is 5.41 Å². The summed E-state index contributed by atoms with van der Waals surface area (Å²) in [6.45, 7) is 14.0. The van der Waals surface area contributed by atoms with Crippen molar-refractivity contribution in [1.29, 1.82) is 0 Å². The summed E-state index contributed by atoms with van der Waals surface area (Å²) in [6.07, 6.45) is 2.22. The predicted octanol–water partition coefficient (Wildman–Crippen LogP) is 7.70. The molecule has 3 heterocycles. The van der Waals surface area contributed by atoms with Crippen molar-refractivity contribution in [2.45, 2.75) is 52.9 Å². The monoisotopic (exact) mass is 525 g/mol. The van der Waals surface area contributed by atoms with Gasteiger partial charge in [-0.2, -0.15) is 0 Å². The number of pyridine rings is 1. The number of para-hydroxylation sites is 1. The van der Waals surface area contributed by atoms with E-state index in [1.807, 2.05) is 0 Å². The van der Waals surface area contributed by atoms with Crippen LogP contribution in [-0.4, -0.2) is 19.1 Å². The second-order valence-corrected chi connectivity index (χ2v) is 13.4. The summed E-state index contributed by atoms with van der Waals surface area (Å²) in [5.74, 6) is 1.70. The van der Waals surface area contributed by atoms with Crippen molar-refractivity contribution >= 4 is 55.6 Å².